The van der Waals surface area contributed by atoms with E-state index in [2.05, 4.69) is 4.72 Å². The van der Waals surface area contributed by atoms with Crippen LogP contribution in [0.2, 0.25) is 10.0 Å². The summed E-state index contributed by atoms with van der Waals surface area (Å²) < 4.78 is 26.5. The number of nitrogens with one attached hydrogen (secondary N) is 1. The Bertz CT molecular complexity index is 518. The van der Waals surface area contributed by atoms with E-state index < -0.39 is 10.0 Å². The van der Waals surface area contributed by atoms with Crippen molar-refractivity contribution in [2.24, 2.45) is 5.73 Å². The Morgan fingerprint density at radius 3 is 2.56 bits per heavy atom. The van der Waals surface area contributed by atoms with Crippen molar-refractivity contribution >= 4 is 33.2 Å². The Hall–Kier alpha value is -0.330. The molecule has 0 fully saturated rings. The standard InChI is InChI=1S/C11H16Cl2N2O2S/c1-2-3-6-15-18(16,17)10-5-4-9(12)8(7-14)11(10)13/h4-5,15H,2-3,6-7,14H2,1H3. The zero-order valence-electron chi connectivity index (χ0n) is 10.0. The summed E-state index contributed by atoms with van der Waals surface area (Å²) in [5.74, 6) is 0. The predicted molar refractivity (Wildman–Crippen MR) is 74.4 cm³/mol. The molecule has 0 atom stereocenters. The molecule has 0 radical (unpaired) electrons. The van der Waals surface area contributed by atoms with Gasteiger partial charge in [-0.25, -0.2) is 13.1 Å². The van der Waals surface area contributed by atoms with Crippen LogP contribution in [0.15, 0.2) is 17.0 Å². The lowest BCUT2D eigenvalue weighted by molar-refractivity contribution is 0.578. The monoisotopic (exact) mass is 310 g/mol. The fourth-order valence-corrected chi connectivity index (χ4v) is 3.44. The van der Waals surface area contributed by atoms with E-state index in [1.807, 2.05) is 6.92 Å². The van der Waals surface area contributed by atoms with Crippen LogP contribution in [0.1, 0.15) is 25.3 Å². The number of benzene rings is 1. The predicted octanol–water partition coefficient (Wildman–Crippen LogP) is 2.53. The van der Waals surface area contributed by atoms with Gasteiger partial charge in [0.2, 0.25) is 10.0 Å². The van der Waals surface area contributed by atoms with Crippen LogP contribution in [0.5, 0.6) is 0 Å². The summed E-state index contributed by atoms with van der Waals surface area (Å²) in [4.78, 5) is 0.0186. The highest BCUT2D eigenvalue weighted by Crippen LogP contribution is 2.30. The van der Waals surface area contributed by atoms with Crippen LogP contribution >= 0.6 is 23.2 Å². The van der Waals surface area contributed by atoms with Crippen molar-refractivity contribution < 1.29 is 8.42 Å². The van der Waals surface area contributed by atoms with E-state index in [4.69, 9.17) is 28.9 Å². The van der Waals surface area contributed by atoms with Gasteiger partial charge in [-0.05, 0) is 18.6 Å². The van der Waals surface area contributed by atoms with Gasteiger partial charge in [-0.1, -0.05) is 36.5 Å². The van der Waals surface area contributed by atoms with E-state index in [9.17, 15) is 8.42 Å². The van der Waals surface area contributed by atoms with Crippen LogP contribution < -0.4 is 10.5 Å². The molecule has 0 saturated carbocycles. The molecule has 0 amide bonds. The van der Waals surface area contributed by atoms with Gasteiger partial charge in [0, 0.05) is 23.7 Å². The maximum Gasteiger partial charge on any atom is 0.242 e. The molecule has 1 aromatic carbocycles. The van der Waals surface area contributed by atoms with E-state index in [1.165, 1.54) is 12.1 Å². The highest BCUT2D eigenvalue weighted by Gasteiger charge is 2.20. The summed E-state index contributed by atoms with van der Waals surface area (Å²) in [6.07, 6.45) is 1.68. The van der Waals surface area contributed by atoms with Crippen molar-refractivity contribution in [3.63, 3.8) is 0 Å². The molecule has 0 saturated heterocycles. The van der Waals surface area contributed by atoms with Crippen molar-refractivity contribution in [1.82, 2.24) is 4.72 Å². The van der Waals surface area contributed by atoms with Gasteiger partial charge in [0.1, 0.15) is 4.90 Å². The van der Waals surface area contributed by atoms with Gasteiger partial charge in [-0.15, -0.1) is 0 Å². The Morgan fingerprint density at radius 2 is 2.00 bits per heavy atom. The lowest BCUT2D eigenvalue weighted by Crippen LogP contribution is -2.25. The molecule has 0 bridgehead atoms. The first-order valence-corrected chi connectivity index (χ1v) is 7.84. The third kappa shape index (κ3) is 3.59. The fraction of sp³-hybridized carbons (Fsp3) is 0.455. The van der Waals surface area contributed by atoms with Crippen LogP contribution in [0, 0.1) is 0 Å². The minimum absolute atomic E-state index is 0.0186. The van der Waals surface area contributed by atoms with Crippen LogP contribution in [0.4, 0.5) is 0 Å². The molecule has 1 aromatic rings. The second-order valence-corrected chi connectivity index (χ2v) is 6.31. The molecule has 0 heterocycles. The Kier molecular flexibility index (Phi) is 5.88. The van der Waals surface area contributed by atoms with Crippen LogP contribution in [-0.4, -0.2) is 15.0 Å². The Balaban J connectivity index is 3.10. The highest BCUT2D eigenvalue weighted by atomic mass is 35.5. The lowest BCUT2D eigenvalue weighted by Gasteiger charge is -2.11. The summed E-state index contributed by atoms with van der Waals surface area (Å²) in [6, 6.07) is 2.88. The van der Waals surface area contributed by atoms with Gasteiger partial charge >= 0.3 is 0 Å². The van der Waals surface area contributed by atoms with E-state index in [-0.39, 0.29) is 16.5 Å². The van der Waals surface area contributed by atoms with Gasteiger partial charge in [-0.3, -0.25) is 0 Å². The molecular formula is C11H16Cl2N2O2S. The van der Waals surface area contributed by atoms with E-state index >= 15 is 0 Å². The van der Waals surface area contributed by atoms with Gasteiger partial charge in [0.15, 0.2) is 0 Å². The van der Waals surface area contributed by atoms with E-state index in [1.54, 1.807) is 0 Å². The van der Waals surface area contributed by atoms with Crippen molar-refractivity contribution in [3.05, 3.63) is 27.7 Å². The minimum atomic E-state index is -3.61. The number of nitrogens with two attached hydrogens (primary N) is 1. The average molecular weight is 311 g/mol. The first-order valence-electron chi connectivity index (χ1n) is 5.60. The third-order valence-corrected chi connectivity index (χ3v) is 4.87. The number of sulfonamides is 1. The van der Waals surface area contributed by atoms with Crippen LogP contribution in [0.25, 0.3) is 0 Å². The topological polar surface area (TPSA) is 72.2 Å². The Labute approximate surface area is 118 Å². The van der Waals surface area contributed by atoms with Gasteiger partial charge in [0.05, 0.1) is 5.02 Å². The maximum atomic E-state index is 12.0. The summed E-state index contributed by atoms with van der Waals surface area (Å²) >= 11 is 11.9. The molecule has 0 aromatic heterocycles. The molecule has 18 heavy (non-hydrogen) atoms. The molecule has 7 heteroatoms. The van der Waals surface area contributed by atoms with Crippen molar-refractivity contribution in [3.8, 4) is 0 Å². The number of unbranched alkanes of at least 4 members (excludes halogenated alkanes) is 1. The largest absolute Gasteiger partial charge is 0.326 e. The number of halogens is 2. The minimum Gasteiger partial charge on any atom is -0.326 e. The number of hydrogen-bond acceptors (Lipinski definition) is 3. The third-order valence-electron chi connectivity index (χ3n) is 2.47. The SMILES string of the molecule is CCCCNS(=O)(=O)c1ccc(Cl)c(CN)c1Cl. The number of rotatable bonds is 6. The first kappa shape index (κ1) is 15.7. The van der Waals surface area contributed by atoms with E-state index in [0.29, 0.717) is 17.1 Å². The molecule has 4 nitrogen and oxygen atoms in total. The average Bonchev–Trinajstić information content (AvgIpc) is 2.29. The first-order chi connectivity index (χ1) is 8.44. The van der Waals surface area contributed by atoms with Crippen molar-refractivity contribution in [2.45, 2.75) is 31.2 Å². The summed E-state index contributed by atoms with van der Waals surface area (Å²) in [5, 5.41) is 0.462. The summed E-state index contributed by atoms with van der Waals surface area (Å²) in [7, 11) is -3.61. The van der Waals surface area contributed by atoms with Crippen molar-refractivity contribution in [2.75, 3.05) is 6.54 Å². The summed E-state index contributed by atoms with van der Waals surface area (Å²) in [5.41, 5.74) is 5.94. The Morgan fingerprint density at radius 1 is 1.33 bits per heavy atom. The molecule has 1 rings (SSSR count). The second-order valence-electron chi connectivity index (χ2n) is 3.79. The second kappa shape index (κ2) is 6.73. The van der Waals surface area contributed by atoms with Gasteiger partial charge < -0.3 is 5.73 Å². The smallest absolute Gasteiger partial charge is 0.242 e. The van der Waals surface area contributed by atoms with Gasteiger partial charge in [-0.2, -0.15) is 0 Å². The summed E-state index contributed by atoms with van der Waals surface area (Å²) in [6.45, 7) is 2.46. The highest BCUT2D eigenvalue weighted by molar-refractivity contribution is 7.89. The molecule has 0 aliphatic heterocycles. The molecule has 102 valence electrons. The molecule has 0 aliphatic rings. The molecule has 0 unspecified atom stereocenters. The quantitative estimate of drug-likeness (QED) is 0.793. The lowest BCUT2D eigenvalue weighted by atomic mass is 10.2. The van der Waals surface area contributed by atoms with E-state index in [0.717, 1.165) is 12.8 Å². The molecule has 0 spiro atoms. The molecule has 3 N–H and O–H groups in total. The van der Waals surface area contributed by atoms with Crippen molar-refractivity contribution in [1.29, 1.82) is 0 Å². The number of hydrogen-bond donors (Lipinski definition) is 2. The normalized spacial score (nSPS) is 11.8. The fourth-order valence-electron chi connectivity index (χ4n) is 1.43. The van der Waals surface area contributed by atoms with Gasteiger partial charge in [0.25, 0.3) is 0 Å². The van der Waals surface area contributed by atoms with Crippen LogP contribution in [0.3, 0.4) is 0 Å². The van der Waals surface area contributed by atoms with Crippen LogP contribution in [-0.2, 0) is 16.6 Å². The molecule has 0 aliphatic carbocycles. The maximum absolute atomic E-state index is 12.0. The zero-order valence-corrected chi connectivity index (χ0v) is 12.4. The molecular weight excluding hydrogens is 295 g/mol. The zero-order chi connectivity index (χ0) is 13.8.